The Kier molecular flexibility index (Phi) is 9.17. The van der Waals surface area contributed by atoms with Crippen molar-refractivity contribution in [2.75, 3.05) is 44.7 Å². The predicted molar refractivity (Wildman–Crippen MR) is 148 cm³/mol. The van der Waals surface area contributed by atoms with E-state index in [0.717, 1.165) is 43.3 Å². The van der Waals surface area contributed by atoms with E-state index in [4.69, 9.17) is 33.3 Å². The first-order valence-corrected chi connectivity index (χ1v) is 12.8. The lowest BCUT2D eigenvalue weighted by molar-refractivity contribution is -0.118. The predicted octanol–water partition coefficient (Wildman–Crippen LogP) is 5.25. The maximum Gasteiger partial charge on any atom is 0.262 e. The van der Waals surface area contributed by atoms with Crippen molar-refractivity contribution in [1.29, 1.82) is 0 Å². The topological polar surface area (TPSA) is 54.0 Å². The second kappa shape index (κ2) is 12.7. The Morgan fingerprint density at radius 1 is 0.944 bits per heavy atom. The molecule has 4 rings (SSSR count). The van der Waals surface area contributed by atoms with Gasteiger partial charge in [0.05, 0.1) is 17.3 Å². The van der Waals surface area contributed by atoms with E-state index < -0.39 is 0 Å². The van der Waals surface area contributed by atoms with E-state index in [1.54, 1.807) is 30.3 Å². The zero-order valence-electron chi connectivity index (χ0n) is 20.3. The molecule has 0 spiro atoms. The van der Waals surface area contributed by atoms with E-state index in [2.05, 4.69) is 39.4 Å². The molecule has 0 unspecified atom stereocenters. The lowest BCUT2D eigenvalue weighted by Gasteiger charge is -2.36. The molecule has 0 aliphatic carbocycles. The van der Waals surface area contributed by atoms with Crippen molar-refractivity contribution >= 4 is 40.4 Å². The lowest BCUT2D eigenvalue weighted by Crippen LogP contribution is -2.48. The highest BCUT2D eigenvalue weighted by molar-refractivity contribution is 7.80. The van der Waals surface area contributed by atoms with Crippen LogP contribution < -0.4 is 14.8 Å². The van der Waals surface area contributed by atoms with Gasteiger partial charge in [0.15, 0.2) is 18.1 Å². The number of hydrogen-bond donors (Lipinski definition) is 1. The number of carbonyl (C=O) groups excluding carboxylic acids is 1. The van der Waals surface area contributed by atoms with Crippen LogP contribution in [0.15, 0.2) is 72.8 Å². The van der Waals surface area contributed by atoms with Gasteiger partial charge in [0.25, 0.3) is 5.91 Å². The molecule has 36 heavy (non-hydrogen) atoms. The summed E-state index contributed by atoms with van der Waals surface area (Å²) < 4.78 is 11.6. The van der Waals surface area contributed by atoms with Gasteiger partial charge in [-0.15, -0.1) is 0 Å². The number of piperazine rings is 1. The van der Waals surface area contributed by atoms with Crippen molar-refractivity contribution < 1.29 is 14.3 Å². The average molecular weight is 524 g/mol. The number of nitrogens with zero attached hydrogens (tertiary/aromatic N) is 2. The van der Waals surface area contributed by atoms with Gasteiger partial charge in [0.2, 0.25) is 0 Å². The molecule has 0 aromatic heterocycles. The second-order valence-corrected chi connectivity index (χ2v) is 9.26. The molecule has 6 nitrogen and oxygen atoms in total. The quantitative estimate of drug-likeness (QED) is 0.387. The number of amides is 1. The van der Waals surface area contributed by atoms with Crippen LogP contribution in [0.1, 0.15) is 18.1 Å². The Bertz CT molecular complexity index is 1180. The number of thiocarbonyl (C=S) groups is 1. The van der Waals surface area contributed by atoms with Crippen LogP contribution in [0.4, 0.5) is 5.69 Å². The smallest absolute Gasteiger partial charge is 0.262 e. The number of benzene rings is 3. The van der Waals surface area contributed by atoms with Crippen molar-refractivity contribution in [3.63, 3.8) is 0 Å². The van der Waals surface area contributed by atoms with Crippen molar-refractivity contribution in [3.8, 4) is 11.5 Å². The van der Waals surface area contributed by atoms with E-state index in [-0.39, 0.29) is 12.5 Å². The Labute approximate surface area is 222 Å². The summed E-state index contributed by atoms with van der Waals surface area (Å²) in [6, 6.07) is 23.2. The fraction of sp³-hybridized carbons (Fsp3) is 0.286. The van der Waals surface area contributed by atoms with E-state index in [0.29, 0.717) is 28.8 Å². The van der Waals surface area contributed by atoms with Crippen LogP contribution in [0, 0.1) is 0 Å². The average Bonchev–Trinajstić information content (AvgIpc) is 2.90. The highest BCUT2D eigenvalue weighted by Gasteiger charge is 2.21. The highest BCUT2D eigenvalue weighted by atomic mass is 35.5. The summed E-state index contributed by atoms with van der Waals surface area (Å²) in [5, 5.41) is 3.23. The molecule has 1 N–H and O–H groups in total. The minimum absolute atomic E-state index is 0.168. The molecule has 0 atom stereocenters. The van der Waals surface area contributed by atoms with Crippen LogP contribution >= 0.6 is 23.8 Å². The van der Waals surface area contributed by atoms with Crippen LogP contribution in [-0.2, 0) is 11.3 Å². The summed E-state index contributed by atoms with van der Waals surface area (Å²) in [5.41, 5.74) is 2.77. The second-order valence-electron chi connectivity index (χ2n) is 8.47. The number of rotatable bonds is 9. The van der Waals surface area contributed by atoms with Crippen molar-refractivity contribution in [2.45, 2.75) is 13.5 Å². The molecule has 1 heterocycles. The van der Waals surface area contributed by atoms with Gasteiger partial charge >= 0.3 is 0 Å². The molecule has 1 fully saturated rings. The summed E-state index contributed by atoms with van der Waals surface area (Å²) in [6.45, 7) is 6.81. The first kappa shape index (κ1) is 25.9. The summed E-state index contributed by atoms with van der Waals surface area (Å²) in [6.07, 6.45) is 0. The summed E-state index contributed by atoms with van der Waals surface area (Å²) in [5.74, 6) is 0.745. The molecule has 188 valence electrons. The van der Waals surface area contributed by atoms with Gasteiger partial charge in [-0.05, 0) is 42.8 Å². The minimum Gasteiger partial charge on any atom is -0.490 e. The third kappa shape index (κ3) is 6.97. The molecular formula is C28H30ClN3O3S. The summed E-state index contributed by atoms with van der Waals surface area (Å²) in [7, 11) is 0. The van der Waals surface area contributed by atoms with Crippen LogP contribution in [0.5, 0.6) is 11.5 Å². The fourth-order valence-corrected chi connectivity index (χ4v) is 4.55. The highest BCUT2D eigenvalue weighted by Crippen LogP contribution is 2.30. The van der Waals surface area contributed by atoms with E-state index in [9.17, 15) is 4.79 Å². The molecule has 0 radical (unpaired) electrons. The number of carbonyl (C=O) groups is 1. The Balaban J connectivity index is 1.34. The molecule has 8 heteroatoms. The van der Waals surface area contributed by atoms with Crippen molar-refractivity contribution in [1.82, 2.24) is 9.80 Å². The minimum atomic E-state index is -0.307. The number of hydrogen-bond acceptors (Lipinski definition) is 5. The van der Waals surface area contributed by atoms with E-state index in [1.165, 1.54) is 5.56 Å². The molecule has 3 aromatic rings. The van der Waals surface area contributed by atoms with Gasteiger partial charge in [-0.2, -0.15) is 0 Å². The number of nitrogens with one attached hydrogen (secondary N) is 1. The Hall–Kier alpha value is -3.13. The molecule has 1 aliphatic heterocycles. The third-order valence-electron chi connectivity index (χ3n) is 5.91. The number of ether oxygens (including phenoxy) is 2. The maximum atomic E-state index is 12.4. The zero-order valence-corrected chi connectivity index (χ0v) is 21.9. The van der Waals surface area contributed by atoms with Crippen LogP contribution in [-0.4, -0.2) is 60.1 Å². The Morgan fingerprint density at radius 3 is 2.39 bits per heavy atom. The van der Waals surface area contributed by atoms with Crippen LogP contribution in [0.2, 0.25) is 5.02 Å². The van der Waals surface area contributed by atoms with Crippen LogP contribution in [0.3, 0.4) is 0 Å². The molecule has 0 bridgehead atoms. The standard InChI is InChI=1S/C28H30ClN3O3S/c1-2-34-26-18-22(12-13-25(26)35-20-27(33)30-24-11-7-6-10-23(24)29)28(36)32-16-14-31(15-17-32)19-21-8-4-3-5-9-21/h3-13,18H,2,14-17,19-20H2,1H3,(H,30,33). The monoisotopic (exact) mass is 523 g/mol. The normalized spacial score (nSPS) is 13.8. The van der Waals surface area contributed by atoms with E-state index in [1.807, 2.05) is 25.1 Å². The van der Waals surface area contributed by atoms with E-state index >= 15 is 0 Å². The van der Waals surface area contributed by atoms with Crippen LogP contribution in [0.25, 0.3) is 0 Å². The number of halogens is 1. The first-order valence-electron chi connectivity index (χ1n) is 12.0. The van der Waals surface area contributed by atoms with Crippen molar-refractivity contribution in [3.05, 3.63) is 88.9 Å². The van der Waals surface area contributed by atoms with Gasteiger partial charge in [-0.25, -0.2) is 0 Å². The Morgan fingerprint density at radius 2 is 1.67 bits per heavy atom. The molecule has 1 aliphatic rings. The maximum absolute atomic E-state index is 12.4. The number of anilines is 1. The van der Waals surface area contributed by atoms with Gasteiger partial charge in [-0.1, -0.05) is 66.3 Å². The van der Waals surface area contributed by atoms with Gasteiger partial charge < -0.3 is 19.7 Å². The lowest BCUT2D eigenvalue weighted by atomic mass is 10.1. The van der Waals surface area contributed by atoms with Gasteiger partial charge in [0.1, 0.15) is 4.99 Å². The molecule has 3 aromatic carbocycles. The van der Waals surface area contributed by atoms with Gasteiger partial charge in [-0.3, -0.25) is 9.69 Å². The third-order valence-corrected chi connectivity index (χ3v) is 6.73. The number of para-hydroxylation sites is 1. The molecule has 1 amide bonds. The van der Waals surface area contributed by atoms with Gasteiger partial charge in [0, 0.05) is 38.3 Å². The fourth-order valence-electron chi connectivity index (χ4n) is 4.05. The zero-order chi connectivity index (χ0) is 25.3. The summed E-state index contributed by atoms with van der Waals surface area (Å²) in [4.78, 5) is 17.8. The molecule has 0 saturated carbocycles. The van der Waals surface area contributed by atoms with Crippen molar-refractivity contribution in [2.24, 2.45) is 0 Å². The SMILES string of the molecule is CCOc1cc(C(=S)N2CCN(Cc3ccccc3)CC2)ccc1OCC(=O)Nc1ccccc1Cl. The largest absolute Gasteiger partial charge is 0.490 e. The molecular weight excluding hydrogens is 494 g/mol. The molecule has 1 saturated heterocycles. The summed E-state index contributed by atoms with van der Waals surface area (Å²) >= 11 is 11.9. The first-order chi connectivity index (χ1) is 17.5.